The molecule has 0 amide bonds. The van der Waals surface area contributed by atoms with Gasteiger partial charge in [-0.05, 0) is 13.1 Å². The van der Waals surface area contributed by atoms with E-state index in [1.165, 1.54) is 0 Å². The summed E-state index contributed by atoms with van der Waals surface area (Å²) in [7, 11) is -4.76. The standard InChI is InChI=1S/C9H29NOSi4/c1-12(14(5,6)7)11-15(8,9)10-13(2,3)4/h10,12H,1-9H3. The van der Waals surface area contributed by atoms with Crippen molar-refractivity contribution in [3.05, 3.63) is 0 Å². The van der Waals surface area contributed by atoms with Crippen LogP contribution >= 0.6 is 0 Å². The first-order chi connectivity index (χ1) is 6.33. The van der Waals surface area contributed by atoms with Crippen LogP contribution in [0, 0.1) is 0 Å². The lowest BCUT2D eigenvalue weighted by Crippen LogP contribution is -2.63. The van der Waals surface area contributed by atoms with Crippen LogP contribution in [0.2, 0.25) is 58.9 Å². The Kier molecular flexibility index (Phi) is 5.23. The highest BCUT2D eigenvalue weighted by atomic mass is 29.2. The van der Waals surface area contributed by atoms with E-state index in [0.29, 0.717) is 0 Å². The van der Waals surface area contributed by atoms with Gasteiger partial charge in [-0.2, -0.15) is 0 Å². The van der Waals surface area contributed by atoms with E-state index in [0.717, 1.165) is 0 Å². The molecule has 0 spiro atoms. The van der Waals surface area contributed by atoms with Gasteiger partial charge in [0, 0.05) is 0 Å². The Labute approximate surface area is 101 Å². The van der Waals surface area contributed by atoms with E-state index in [9.17, 15) is 0 Å². The molecule has 0 aliphatic rings. The van der Waals surface area contributed by atoms with Crippen molar-refractivity contribution >= 4 is 32.9 Å². The van der Waals surface area contributed by atoms with Crippen molar-refractivity contribution in [3.63, 3.8) is 0 Å². The average Bonchev–Trinajstić information content (AvgIpc) is 1.76. The van der Waals surface area contributed by atoms with Gasteiger partial charge in [-0.3, -0.25) is 0 Å². The molecule has 2 nitrogen and oxygen atoms in total. The van der Waals surface area contributed by atoms with Crippen LogP contribution in [0.3, 0.4) is 0 Å². The van der Waals surface area contributed by atoms with Crippen LogP contribution in [-0.4, -0.2) is 32.9 Å². The minimum atomic E-state index is -1.60. The van der Waals surface area contributed by atoms with Crippen LogP contribution < -0.4 is 4.65 Å². The smallest absolute Gasteiger partial charge is 0.244 e. The normalized spacial score (nSPS) is 16.6. The molecule has 1 unspecified atom stereocenters. The lowest BCUT2D eigenvalue weighted by molar-refractivity contribution is 0.574. The summed E-state index contributed by atoms with van der Waals surface area (Å²) in [5.74, 6) is 0. The van der Waals surface area contributed by atoms with E-state index in [1.54, 1.807) is 0 Å². The van der Waals surface area contributed by atoms with Crippen LogP contribution in [0.4, 0.5) is 0 Å². The molecule has 0 aromatic rings. The van der Waals surface area contributed by atoms with Gasteiger partial charge in [0.1, 0.15) is 16.8 Å². The largest absolute Gasteiger partial charge is 0.450 e. The highest BCUT2D eigenvalue weighted by molar-refractivity contribution is 7.30. The molecule has 0 bridgehead atoms. The second kappa shape index (κ2) is 4.97. The first-order valence-electron chi connectivity index (χ1n) is 5.81. The fourth-order valence-electron chi connectivity index (χ4n) is 1.55. The van der Waals surface area contributed by atoms with Gasteiger partial charge in [-0.25, -0.2) is 0 Å². The second-order valence-corrected chi connectivity index (χ2v) is 30.1. The Bertz CT molecular complexity index is 207. The molecule has 0 fully saturated rings. The predicted molar refractivity (Wildman–Crippen MR) is 81.4 cm³/mol. The van der Waals surface area contributed by atoms with E-state index in [4.69, 9.17) is 4.12 Å². The van der Waals surface area contributed by atoms with Crippen molar-refractivity contribution in [2.24, 2.45) is 0 Å². The van der Waals surface area contributed by atoms with E-state index in [-0.39, 0.29) is 0 Å². The third kappa shape index (κ3) is 7.64. The molecule has 0 heterocycles. The van der Waals surface area contributed by atoms with E-state index < -0.39 is 32.9 Å². The molecule has 0 aromatic heterocycles. The van der Waals surface area contributed by atoms with Crippen molar-refractivity contribution < 1.29 is 4.12 Å². The molecule has 0 radical (unpaired) electrons. The topological polar surface area (TPSA) is 21.3 Å². The zero-order valence-electron chi connectivity index (χ0n) is 12.0. The molecular formula is C9H29NOSi4. The maximum absolute atomic E-state index is 6.44. The van der Waals surface area contributed by atoms with Crippen molar-refractivity contribution in [1.29, 1.82) is 0 Å². The molecule has 1 N–H and O–H groups in total. The van der Waals surface area contributed by atoms with Crippen LogP contribution in [0.25, 0.3) is 0 Å². The fraction of sp³-hybridized carbons (Fsp3) is 1.00. The molecule has 6 heteroatoms. The number of rotatable bonds is 5. The minimum Gasteiger partial charge on any atom is -0.450 e. The van der Waals surface area contributed by atoms with E-state index in [2.05, 4.69) is 63.6 Å². The quantitative estimate of drug-likeness (QED) is 0.782. The van der Waals surface area contributed by atoms with Crippen molar-refractivity contribution in [1.82, 2.24) is 4.65 Å². The zero-order valence-corrected chi connectivity index (χ0v) is 16.1. The first kappa shape index (κ1) is 15.8. The molecule has 0 aliphatic heterocycles. The third-order valence-electron chi connectivity index (χ3n) is 2.37. The maximum atomic E-state index is 6.44. The van der Waals surface area contributed by atoms with Crippen LogP contribution in [0.1, 0.15) is 0 Å². The molecule has 92 valence electrons. The number of nitrogens with one attached hydrogen (secondary N) is 1. The van der Waals surface area contributed by atoms with Crippen LogP contribution in [-0.2, 0) is 4.12 Å². The summed E-state index contributed by atoms with van der Waals surface area (Å²) in [6.07, 6.45) is 0. The maximum Gasteiger partial charge on any atom is 0.244 e. The van der Waals surface area contributed by atoms with Crippen LogP contribution in [0.15, 0.2) is 0 Å². The molecule has 15 heavy (non-hydrogen) atoms. The average molecular weight is 280 g/mol. The van der Waals surface area contributed by atoms with E-state index in [1.807, 2.05) is 0 Å². The summed E-state index contributed by atoms with van der Waals surface area (Å²) < 4.78 is 10.3. The first-order valence-corrected chi connectivity index (χ1v) is 19.1. The SMILES string of the molecule is C[SiH](O[Si](C)(C)N[Si](C)(C)C)[Si](C)(C)C. The summed E-state index contributed by atoms with van der Waals surface area (Å²) in [6.45, 7) is 21.4. The van der Waals surface area contributed by atoms with Gasteiger partial charge < -0.3 is 8.76 Å². The van der Waals surface area contributed by atoms with Gasteiger partial charge in [0.2, 0.25) is 8.48 Å². The summed E-state index contributed by atoms with van der Waals surface area (Å²) in [6, 6.07) is 0. The number of hydrogen-bond donors (Lipinski definition) is 1. The molecule has 0 saturated heterocycles. The summed E-state index contributed by atoms with van der Waals surface area (Å²) >= 11 is 0. The van der Waals surface area contributed by atoms with Gasteiger partial charge >= 0.3 is 0 Å². The van der Waals surface area contributed by atoms with Gasteiger partial charge in [-0.1, -0.05) is 45.8 Å². The summed E-state index contributed by atoms with van der Waals surface area (Å²) in [5, 5.41) is 0. The highest BCUT2D eigenvalue weighted by Crippen LogP contribution is 2.14. The van der Waals surface area contributed by atoms with E-state index >= 15 is 0 Å². The predicted octanol–water partition coefficient (Wildman–Crippen LogP) is 2.90. The Morgan fingerprint density at radius 2 is 1.27 bits per heavy atom. The molecule has 0 aliphatic carbocycles. The molecule has 0 rings (SSSR count). The lowest BCUT2D eigenvalue weighted by Gasteiger charge is -2.37. The Hall–Kier alpha value is 0.788. The fourth-order valence-corrected chi connectivity index (χ4v) is 20.3. The Balaban J connectivity index is 4.39. The van der Waals surface area contributed by atoms with Crippen molar-refractivity contribution in [2.45, 2.75) is 58.9 Å². The minimum absolute atomic E-state index is 0.945. The monoisotopic (exact) mass is 279 g/mol. The summed E-state index contributed by atoms with van der Waals surface area (Å²) in [4.78, 5) is 0. The zero-order chi connectivity index (χ0) is 12.5. The molecule has 0 aromatic carbocycles. The second-order valence-electron chi connectivity index (χ2n) is 7.01. The van der Waals surface area contributed by atoms with Gasteiger partial charge in [0.25, 0.3) is 0 Å². The van der Waals surface area contributed by atoms with Crippen molar-refractivity contribution in [3.8, 4) is 0 Å². The highest BCUT2D eigenvalue weighted by Gasteiger charge is 2.35. The Morgan fingerprint density at radius 3 is 1.53 bits per heavy atom. The molecule has 1 atom stereocenters. The van der Waals surface area contributed by atoms with Gasteiger partial charge in [0.15, 0.2) is 0 Å². The lowest BCUT2D eigenvalue weighted by atomic mass is 11.8. The van der Waals surface area contributed by atoms with Gasteiger partial charge in [-0.15, -0.1) is 0 Å². The Morgan fingerprint density at radius 1 is 0.867 bits per heavy atom. The molecular weight excluding hydrogens is 250 g/mol. The third-order valence-corrected chi connectivity index (χ3v) is 22.4. The van der Waals surface area contributed by atoms with Gasteiger partial charge in [0.05, 0.1) is 7.59 Å². The van der Waals surface area contributed by atoms with Crippen LogP contribution in [0.5, 0.6) is 0 Å². The van der Waals surface area contributed by atoms with Crippen molar-refractivity contribution in [2.75, 3.05) is 0 Å². The summed E-state index contributed by atoms with van der Waals surface area (Å²) in [5.41, 5.74) is 0. The molecule has 0 saturated carbocycles. The number of hydrogen-bond acceptors (Lipinski definition) is 2.